The summed E-state index contributed by atoms with van der Waals surface area (Å²) in [4.78, 5) is 2.24. The van der Waals surface area contributed by atoms with E-state index in [4.69, 9.17) is 9.47 Å². The topological polar surface area (TPSA) is 21.7 Å². The molecule has 1 aliphatic rings. The molecule has 0 aromatic rings. The summed E-state index contributed by atoms with van der Waals surface area (Å²) in [6, 6.07) is 0. The predicted molar refractivity (Wildman–Crippen MR) is 43.7 cm³/mol. The van der Waals surface area contributed by atoms with Crippen LogP contribution in [0.4, 0.5) is 0 Å². The molecule has 1 saturated heterocycles. The molecule has 11 heavy (non-hydrogen) atoms. The highest BCUT2D eigenvalue weighted by Crippen LogP contribution is 2.13. The van der Waals surface area contributed by atoms with Gasteiger partial charge in [-0.15, -0.1) is 0 Å². The first-order valence-electron chi connectivity index (χ1n) is 4.00. The second kappa shape index (κ2) is 4.04. The number of rotatable bonds is 2. The van der Waals surface area contributed by atoms with Gasteiger partial charge >= 0.3 is 0 Å². The lowest BCUT2D eigenvalue weighted by molar-refractivity contribution is -0.0378. The number of hydrogen-bond acceptors (Lipinski definition) is 3. The lowest BCUT2D eigenvalue weighted by Crippen LogP contribution is -2.44. The third kappa shape index (κ3) is 2.43. The van der Waals surface area contributed by atoms with Gasteiger partial charge in [-0.25, -0.2) is 0 Å². The molecule has 1 fully saturated rings. The third-order valence-corrected chi connectivity index (χ3v) is 2.22. The van der Waals surface area contributed by atoms with Crippen LogP contribution in [0.5, 0.6) is 0 Å². The van der Waals surface area contributed by atoms with E-state index in [1.165, 1.54) is 0 Å². The fourth-order valence-corrected chi connectivity index (χ4v) is 1.55. The van der Waals surface area contributed by atoms with Gasteiger partial charge in [0.2, 0.25) is 0 Å². The van der Waals surface area contributed by atoms with Gasteiger partial charge in [0, 0.05) is 33.7 Å². The molecule has 0 aromatic heterocycles. The summed E-state index contributed by atoms with van der Waals surface area (Å²) in [5.74, 6) is 0. The predicted octanol–water partition coefficient (Wildman–Crippen LogP) is 0.352. The molecule has 0 radical (unpaired) electrons. The van der Waals surface area contributed by atoms with Crippen LogP contribution in [-0.2, 0) is 9.47 Å². The molecule has 0 N–H and O–H groups in total. The maximum Gasteiger partial charge on any atom is 0.0723 e. The highest BCUT2D eigenvalue weighted by atomic mass is 16.5. The number of likely N-dealkylation sites (N-methyl/N-ethyl adjacent to an activating group) is 1. The fraction of sp³-hybridized carbons (Fsp3) is 1.00. The molecule has 2 unspecified atom stereocenters. The van der Waals surface area contributed by atoms with Crippen molar-refractivity contribution in [2.75, 3.05) is 34.4 Å². The zero-order valence-electron chi connectivity index (χ0n) is 7.54. The summed E-state index contributed by atoms with van der Waals surface area (Å²) >= 11 is 0. The van der Waals surface area contributed by atoms with Crippen molar-refractivity contribution in [3.63, 3.8) is 0 Å². The number of nitrogens with zero attached hydrogens (tertiary/aromatic N) is 1. The Bertz CT molecular complexity index is 107. The number of ether oxygens (including phenoxy) is 2. The molecule has 0 saturated carbocycles. The highest BCUT2D eigenvalue weighted by molar-refractivity contribution is 4.77. The minimum absolute atomic E-state index is 0.346. The fourth-order valence-electron chi connectivity index (χ4n) is 1.55. The van der Waals surface area contributed by atoms with Crippen LogP contribution < -0.4 is 0 Å². The molecule has 0 aliphatic carbocycles. The van der Waals surface area contributed by atoms with Gasteiger partial charge in [0.1, 0.15) is 0 Å². The van der Waals surface area contributed by atoms with E-state index in [2.05, 4.69) is 11.9 Å². The molecule has 3 heteroatoms. The zero-order valence-corrected chi connectivity index (χ0v) is 7.54. The summed E-state index contributed by atoms with van der Waals surface area (Å²) in [7, 11) is 5.62. The van der Waals surface area contributed by atoms with E-state index in [9.17, 15) is 0 Å². The molecule has 0 bridgehead atoms. The number of likely N-dealkylation sites (tertiary alicyclic amines) is 1. The van der Waals surface area contributed by atoms with Gasteiger partial charge < -0.3 is 14.4 Å². The lowest BCUT2D eigenvalue weighted by atomic mass is 10.1. The van der Waals surface area contributed by atoms with Gasteiger partial charge in [0.25, 0.3) is 0 Å². The molecule has 66 valence electrons. The average Bonchev–Trinajstić information content (AvgIpc) is 2.03. The van der Waals surface area contributed by atoms with Crippen LogP contribution in [0.3, 0.4) is 0 Å². The Balaban J connectivity index is 2.37. The van der Waals surface area contributed by atoms with Gasteiger partial charge in [0.05, 0.1) is 12.2 Å². The van der Waals surface area contributed by atoms with E-state index in [0.29, 0.717) is 12.2 Å². The average molecular weight is 159 g/mol. The van der Waals surface area contributed by atoms with Crippen molar-refractivity contribution in [3.05, 3.63) is 0 Å². The maximum atomic E-state index is 5.27. The van der Waals surface area contributed by atoms with Crippen molar-refractivity contribution < 1.29 is 9.47 Å². The van der Waals surface area contributed by atoms with Crippen molar-refractivity contribution in [1.29, 1.82) is 0 Å². The number of hydrogen-bond donors (Lipinski definition) is 0. The molecule has 1 rings (SSSR count). The van der Waals surface area contributed by atoms with E-state index < -0.39 is 0 Å². The van der Waals surface area contributed by atoms with E-state index in [1.54, 1.807) is 14.2 Å². The van der Waals surface area contributed by atoms with Crippen LogP contribution in [0, 0.1) is 0 Å². The Morgan fingerprint density at radius 1 is 1.09 bits per heavy atom. The second-order valence-electron chi connectivity index (χ2n) is 3.17. The summed E-state index contributed by atoms with van der Waals surface area (Å²) in [5.41, 5.74) is 0. The standard InChI is InChI=1S/C8H17NO2/c1-9-5-7(10-2)4-8(6-9)11-3/h7-8H,4-6H2,1-3H3. The van der Waals surface area contributed by atoms with E-state index in [1.807, 2.05) is 0 Å². The van der Waals surface area contributed by atoms with Crippen molar-refractivity contribution in [1.82, 2.24) is 4.90 Å². The third-order valence-electron chi connectivity index (χ3n) is 2.22. The first-order valence-corrected chi connectivity index (χ1v) is 4.00. The van der Waals surface area contributed by atoms with Crippen LogP contribution in [0.1, 0.15) is 6.42 Å². The summed E-state index contributed by atoms with van der Waals surface area (Å²) in [6.45, 7) is 2.05. The number of methoxy groups -OCH3 is 2. The van der Waals surface area contributed by atoms with Crippen LogP contribution in [0.2, 0.25) is 0 Å². The minimum atomic E-state index is 0.346. The Hall–Kier alpha value is -0.120. The van der Waals surface area contributed by atoms with Crippen molar-refractivity contribution in [3.8, 4) is 0 Å². The summed E-state index contributed by atoms with van der Waals surface area (Å²) in [5, 5.41) is 0. The molecule has 0 spiro atoms. The summed E-state index contributed by atoms with van der Waals surface area (Å²) in [6.07, 6.45) is 1.72. The monoisotopic (exact) mass is 159 g/mol. The molecule has 3 nitrogen and oxygen atoms in total. The smallest absolute Gasteiger partial charge is 0.0723 e. The lowest BCUT2D eigenvalue weighted by Gasteiger charge is -2.33. The Labute approximate surface area is 68.3 Å². The molecule has 1 heterocycles. The van der Waals surface area contributed by atoms with Crippen LogP contribution in [0.15, 0.2) is 0 Å². The highest BCUT2D eigenvalue weighted by Gasteiger charge is 2.24. The van der Waals surface area contributed by atoms with Crippen molar-refractivity contribution >= 4 is 0 Å². The SMILES string of the molecule is COC1CC(OC)CN(C)C1. The molecular formula is C8H17NO2. The minimum Gasteiger partial charge on any atom is -0.380 e. The van der Waals surface area contributed by atoms with E-state index >= 15 is 0 Å². The normalized spacial score (nSPS) is 34.1. The maximum absolute atomic E-state index is 5.27. The Kier molecular flexibility index (Phi) is 3.30. The van der Waals surface area contributed by atoms with E-state index in [0.717, 1.165) is 19.5 Å². The molecule has 0 amide bonds. The first-order chi connectivity index (χ1) is 5.26. The molecule has 1 aliphatic heterocycles. The first kappa shape index (κ1) is 8.97. The van der Waals surface area contributed by atoms with Gasteiger partial charge in [-0.1, -0.05) is 0 Å². The van der Waals surface area contributed by atoms with E-state index in [-0.39, 0.29) is 0 Å². The largest absolute Gasteiger partial charge is 0.380 e. The molecule has 0 aromatic carbocycles. The second-order valence-corrected chi connectivity index (χ2v) is 3.17. The molecule has 2 atom stereocenters. The van der Waals surface area contributed by atoms with Crippen LogP contribution in [-0.4, -0.2) is 51.5 Å². The van der Waals surface area contributed by atoms with Gasteiger partial charge in [-0.05, 0) is 7.05 Å². The van der Waals surface area contributed by atoms with Gasteiger partial charge in [-0.3, -0.25) is 0 Å². The van der Waals surface area contributed by atoms with Crippen molar-refractivity contribution in [2.45, 2.75) is 18.6 Å². The molecular weight excluding hydrogens is 142 g/mol. The Morgan fingerprint density at radius 3 is 1.91 bits per heavy atom. The Morgan fingerprint density at radius 2 is 1.55 bits per heavy atom. The van der Waals surface area contributed by atoms with Crippen molar-refractivity contribution in [2.24, 2.45) is 0 Å². The summed E-state index contributed by atoms with van der Waals surface area (Å²) < 4.78 is 10.5. The van der Waals surface area contributed by atoms with Crippen LogP contribution >= 0.6 is 0 Å². The quantitative estimate of drug-likeness (QED) is 0.580. The van der Waals surface area contributed by atoms with Crippen LogP contribution in [0.25, 0.3) is 0 Å². The van der Waals surface area contributed by atoms with Gasteiger partial charge in [-0.2, -0.15) is 0 Å². The zero-order chi connectivity index (χ0) is 8.27. The number of piperidine rings is 1. The van der Waals surface area contributed by atoms with Gasteiger partial charge in [0.15, 0.2) is 0 Å².